The number of hydrogen-bond acceptors (Lipinski definition) is 3. The van der Waals surface area contributed by atoms with Gasteiger partial charge in [-0.15, -0.1) is 0 Å². The zero-order valence-corrected chi connectivity index (χ0v) is 15.8. The number of para-hydroxylation sites is 1. The summed E-state index contributed by atoms with van der Waals surface area (Å²) in [5.74, 6) is -0.139. The molecule has 0 aliphatic heterocycles. The zero-order valence-electron chi connectivity index (χ0n) is 15.1. The molecule has 0 aliphatic rings. The molecule has 0 spiro atoms. The number of H-pyrrole nitrogens is 1. The summed E-state index contributed by atoms with van der Waals surface area (Å²) in [6.45, 7) is 3.90. The second kappa shape index (κ2) is 7.33. The van der Waals surface area contributed by atoms with Crippen LogP contribution < -0.4 is 16.1 Å². The van der Waals surface area contributed by atoms with Gasteiger partial charge in [0.05, 0.1) is 26.8 Å². The van der Waals surface area contributed by atoms with Crippen LogP contribution in [0.1, 0.15) is 16.1 Å². The Morgan fingerprint density at radius 1 is 1.14 bits per heavy atom. The van der Waals surface area contributed by atoms with E-state index >= 15 is 0 Å². The lowest BCUT2D eigenvalue weighted by atomic mass is 10.1. The fourth-order valence-corrected chi connectivity index (χ4v) is 3.23. The van der Waals surface area contributed by atoms with Gasteiger partial charge in [-0.1, -0.05) is 42.4 Å². The lowest BCUT2D eigenvalue weighted by molar-refractivity contribution is 0.0697. The van der Waals surface area contributed by atoms with Gasteiger partial charge in [0.1, 0.15) is 11.5 Å². The summed E-state index contributed by atoms with van der Waals surface area (Å²) in [5.41, 5.74) is 1.11. The van der Waals surface area contributed by atoms with E-state index in [1.54, 1.807) is 24.3 Å². The smallest absolute Gasteiger partial charge is 0.337 e. The van der Waals surface area contributed by atoms with E-state index in [0.717, 1.165) is 0 Å². The van der Waals surface area contributed by atoms with Crippen LogP contribution in [0.5, 0.6) is 0 Å². The van der Waals surface area contributed by atoms with Gasteiger partial charge in [0.2, 0.25) is 0 Å². The van der Waals surface area contributed by atoms with Crippen molar-refractivity contribution in [2.75, 3.05) is 0 Å². The van der Waals surface area contributed by atoms with E-state index < -0.39 is 5.97 Å². The Morgan fingerprint density at radius 2 is 1.90 bits per heavy atom. The molecule has 4 aromatic rings. The molecule has 0 saturated carbocycles. The quantitative estimate of drug-likeness (QED) is 0.545. The summed E-state index contributed by atoms with van der Waals surface area (Å²) in [5, 5.41) is 13.0. The zero-order chi connectivity index (χ0) is 20.5. The minimum absolute atomic E-state index is 0.0178. The van der Waals surface area contributed by atoms with E-state index in [2.05, 4.69) is 11.7 Å². The number of furan rings is 1. The largest absolute Gasteiger partial charge is 0.478 e. The van der Waals surface area contributed by atoms with E-state index in [9.17, 15) is 9.59 Å². The summed E-state index contributed by atoms with van der Waals surface area (Å²) in [6.07, 6.45) is 1.61. The van der Waals surface area contributed by atoms with Crippen LogP contribution in [0.3, 0.4) is 0 Å². The van der Waals surface area contributed by atoms with Crippen molar-refractivity contribution in [3.8, 4) is 17.0 Å². The first-order chi connectivity index (χ1) is 13.9. The molecule has 2 N–H and O–H groups in total. The number of nitrogens with one attached hydrogen (secondary N) is 1. The fraction of sp³-hybridized carbons (Fsp3) is 0. The van der Waals surface area contributed by atoms with Crippen molar-refractivity contribution in [2.24, 2.45) is 0 Å². The summed E-state index contributed by atoms with van der Waals surface area (Å²) in [4.78, 5) is 23.9. The Balaban J connectivity index is 1.73. The van der Waals surface area contributed by atoms with Crippen LogP contribution in [0.2, 0.25) is 5.02 Å². The third-order valence-corrected chi connectivity index (χ3v) is 4.73. The molecule has 0 bridgehead atoms. The second-order valence-electron chi connectivity index (χ2n) is 6.33. The van der Waals surface area contributed by atoms with E-state index in [0.29, 0.717) is 33.3 Å². The maximum absolute atomic E-state index is 12.8. The van der Waals surface area contributed by atoms with Crippen molar-refractivity contribution in [1.82, 2.24) is 9.78 Å². The molecular formula is C22H15ClN2O4. The van der Waals surface area contributed by atoms with Crippen molar-refractivity contribution in [3.05, 3.63) is 97.9 Å². The number of aromatic amines is 1. The standard InChI is InChI=1S/C22H15ClN2O4/c1-13-18(21(26)25(24-13)15-5-3-2-4-6-15)12-16-8-10-20(29-16)14-7-9-17(22(27)28)19(23)11-14/h2-12,24H,1H2,(H,27,28)/b18-12-. The summed E-state index contributed by atoms with van der Waals surface area (Å²) < 4.78 is 7.22. The highest BCUT2D eigenvalue weighted by atomic mass is 35.5. The highest BCUT2D eigenvalue weighted by molar-refractivity contribution is 6.33. The molecule has 29 heavy (non-hydrogen) atoms. The molecule has 0 fully saturated rings. The van der Waals surface area contributed by atoms with Gasteiger partial charge in [0.15, 0.2) is 0 Å². The number of carbonyl (C=O) groups is 1. The van der Waals surface area contributed by atoms with E-state index in [-0.39, 0.29) is 16.1 Å². The van der Waals surface area contributed by atoms with Crippen LogP contribution in [0, 0.1) is 0 Å². The molecule has 0 atom stereocenters. The van der Waals surface area contributed by atoms with Gasteiger partial charge in [-0.25, -0.2) is 9.48 Å². The Kier molecular flexibility index (Phi) is 4.70. The molecule has 0 unspecified atom stereocenters. The van der Waals surface area contributed by atoms with Gasteiger partial charge < -0.3 is 9.52 Å². The predicted octanol–water partition coefficient (Wildman–Crippen LogP) is 3.02. The van der Waals surface area contributed by atoms with Crippen molar-refractivity contribution in [1.29, 1.82) is 0 Å². The first kappa shape index (κ1) is 18.6. The highest BCUT2D eigenvalue weighted by Crippen LogP contribution is 2.27. The van der Waals surface area contributed by atoms with Gasteiger partial charge in [0, 0.05) is 5.56 Å². The Hall–Kier alpha value is -3.77. The van der Waals surface area contributed by atoms with Gasteiger partial charge in [0.25, 0.3) is 5.56 Å². The molecule has 0 amide bonds. The van der Waals surface area contributed by atoms with Gasteiger partial charge in [-0.05, 0) is 42.5 Å². The number of carboxylic acids is 1. The summed E-state index contributed by atoms with van der Waals surface area (Å²) >= 11 is 6.03. The van der Waals surface area contributed by atoms with Gasteiger partial charge in [-0.3, -0.25) is 9.89 Å². The molecule has 7 heteroatoms. The van der Waals surface area contributed by atoms with Crippen LogP contribution in [0.15, 0.2) is 69.9 Å². The molecule has 2 heterocycles. The van der Waals surface area contributed by atoms with Crippen molar-refractivity contribution in [3.63, 3.8) is 0 Å². The minimum Gasteiger partial charge on any atom is -0.478 e. The van der Waals surface area contributed by atoms with Crippen LogP contribution >= 0.6 is 11.6 Å². The topological polar surface area (TPSA) is 88.2 Å². The average molecular weight is 407 g/mol. The number of benzene rings is 2. The fourth-order valence-electron chi connectivity index (χ4n) is 2.97. The first-order valence-corrected chi connectivity index (χ1v) is 9.02. The molecule has 6 nitrogen and oxygen atoms in total. The maximum atomic E-state index is 12.8. The highest BCUT2D eigenvalue weighted by Gasteiger charge is 2.12. The monoisotopic (exact) mass is 406 g/mol. The molecule has 2 aromatic heterocycles. The van der Waals surface area contributed by atoms with E-state index in [1.807, 2.05) is 30.3 Å². The van der Waals surface area contributed by atoms with Crippen molar-refractivity contribution < 1.29 is 14.3 Å². The number of halogens is 1. The first-order valence-electron chi connectivity index (χ1n) is 8.64. The van der Waals surface area contributed by atoms with E-state index in [4.69, 9.17) is 21.1 Å². The Morgan fingerprint density at radius 3 is 2.59 bits per heavy atom. The number of hydrogen-bond donors (Lipinski definition) is 2. The molecule has 0 saturated heterocycles. The second-order valence-corrected chi connectivity index (χ2v) is 6.73. The molecule has 144 valence electrons. The summed E-state index contributed by atoms with van der Waals surface area (Å²) in [7, 11) is 0. The molecular weight excluding hydrogens is 392 g/mol. The number of aromatic nitrogens is 2. The van der Waals surface area contributed by atoms with E-state index in [1.165, 1.54) is 16.8 Å². The van der Waals surface area contributed by atoms with Crippen LogP contribution in [0.4, 0.5) is 0 Å². The number of aromatic carboxylic acids is 1. The molecule has 2 aromatic carbocycles. The molecule has 0 radical (unpaired) electrons. The predicted molar refractivity (Wildman–Crippen MR) is 111 cm³/mol. The lowest BCUT2D eigenvalue weighted by Crippen LogP contribution is -2.33. The maximum Gasteiger partial charge on any atom is 0.337 e. The third-order valence-electron chi connectivity index (χ3n) is 4.42. The SMILES string of the molecule is C=c1[nH]n(-c2ccccc2)c(=O)/c1=C\c1ccc(-c2ccc(C(=O)O)c(Cl)c2)o1. The minimum atomic E-state index is -1.10. The van der Waals surface area contributed by atoms with Gasteiger partial charge in [-0.2, -0.15) is 0 Å². The third kappa shape index (κ3) is 3.53. The van der Waals surface area contributed by atoms with Crippen molar-refractivity contribution in [2.45, 2.75) is 0 Å². The average Bonchev–Trinajstić information content (AvgIpc) is 3.28. The number of nitrogens with zero attached hydrogens (tertiary/aromatic N) is 1. The summed E-state index contributed by atoms with van der Waals surface area (Å²) in [6, 6.07) is 17.2. The van der Waals surface area contributed by atoms with Crippen molar-refractivity contribution >= 4 is 30.2 Å². The van der Waals surface area contributed by atoms with Crippen LogP contribution in [-0.4, -0.2) is 20.9 Å². The van der Waals surface area contributed by atoms with Gasteiger partial charge >= 0.3 is 5.97 Å². The Labute approximate surface area is 169 Å². The normalized spacial score (nSPS) is 11.7. The lowest BCUT2D eigenvalue weighted by Gasteiger charge is -2.01. The number of carboxylic acid groups (broad SMARTS) is 1. The Bertz CT molecular complexity index is 1380. The number of rotatable bonds is 4. The van der Waals surface area contributed by atoms with Crippen LogP contribution in [0.25, 0.3) is 29.7 Å². The molecule has 4 rings (SSSR count). The molecule has 0 aliphatic carbocycles. The van der Waals surface area contributed by atoms with Crippen LogP contribution in [-0.2, 0) is 0 Å².